The number of hydrogen-bond acceptors (Lipinski definition) is 6. The Morgan fingerprint density at radius 2 is 1.81 bits per heavy atom. The van der Waals surface area contributed by atoms with Crippen LogP contribution in [0, 0.1) is 5.92 Å². The second kappa shape index (κ2) is 7.84. The molecule has 1 aromatic carbocycles. The predicted molar refractivity (Wildman–Crippen MR) is 97.8 cm³/mol. The van der Waals surface area contributed by atoms with E-state index in [0.717, 1.165) is 17.6 Å². The molecule has 1 saturated heterocycles. The monoisotopic (exact) mass is 385 g/mol. The Balaban J connectivity index is 2.18. The van der Waals surface area contributed by atoms with Gasteiger partial charge in [0.15, 0.2) is 0 Å². The van der Waals surface area contributed by atoms with E-state index < -0.39 is 21.8 Å². The van der Waals surface area contributed by atoms with Crippen LogP contribution in [-0.4, -0.2) is 58.1 Å². The van der Waals surface area contributed by atoms with Crippen LogP contribution in [0.2, 0.25) is 0 Å². The van der Waals surface area contributed by atoms with Gasteiger partial charge >= 0.3 is 6.09 Å². The molecular formula is C18H27NO6S. The molecule has 2 rings (SSSR count). The first-order valence-electron chi connectivity index (χ1n) is 8.45. The summed E-state index contributed by atoms with van der Waals surface area (Å²) in [5, 5.41) is 0. The minimum atomic E-state index is -3.55. The fourth-order valence-corrected chi connectivity index (χ4v) is 3.38. The predicted octanol–water partition coefficient (Wildman–Crippen LogP) is 2.62. The summed E-state index contributed by atoms with van der Waals surface area (Å²) in [6.45, 7) is 6.28. The molecule has 8 heteroatoms. The Hall–Kier alpha value is -1.80. The van der Waals surface area contributed by atoms with E-state index in [1.807, 2.05) is 45.0 Å². The van der Waals surface area contributed by atoms with E-state index >= 15 is 0 Å². The summed E-state index contributed by atoms with van der Waals surface area (Å²) in [7, 11) is -1.95. The Morgan fingerprint density at radius 1 is 1.19 bits per heavy atom. The summed E-state index contributed by atoms with van der Waals surface area (Å²) in [4.78, 5) is 14.0. The molecule has 0 aromatic heterocycles. The highest BCUT2D eigenvalue weighted by Gasteiger charge is 2.38. The zero-order valence-corrected chi connectivity index (χ0v) is 16.7. The van der Waals surface area contributed by atoms with Crippen LogP contribution >= 0.6 is 0 Å². The van der Waals surface area contributed by atoms with Crippen LogP contribution in [0.3, 0.4) is 0 Å². The second-order valence-corrected chi connectivity index (χ2v) is 9.16. The van der Waals surface area contributed by atoms with Crippen molar-refractivity contribution in [3.05, 3.63) is 29.8 Å². The summed E-state index contributed by atoms with van der Waals surface area (Å²) in [5.74, 6) is 0.542. The van der Waals surface area contributed by atoms with Crippen molar-refractivity contribution in [1.82, 2.24) is 4.90 Å². The van der Waals surface area contributed by atoms with Gasteiger partial charge in [-0.1, -0.05) is 12.1 Å². The average molecular weight is 385 g/mol. The fraction of sp³-hybridized carbons (Fsp3) is 0.611. The lowest BCUT2D eigenvalue weighted by molar-refractivity contribution is 0.0284. The van der Waals surface area contributed by atoms with Gasteiger partial charge in [-0.15, -0.1) is 0 Å². The first kappa shape index (κ1) is 20.5. The van der Waals surface area contributed by atoms with Gasteiger partial charge in [0.1, 0.15) is 11.4 Å². The summed E-state index contributed by atoms with van der Waals surface area (Å²) in [5.41, 5.74) is 0.410. The molecule has 1 aliphatic heterocycles. The Labute approximate surface area is 155 Å². The van der Waals surface area contributed by atoms with Gasteiger partial charge < -0.3 is 14.4 Å². The summed E-state index contributed by atoms with van der Waals surface area (Å²) in [6, 6.07) is 7.55. The van der Waals surface area contributed by atoms with E-state index in [1.165, 1.54) is 0 Å². The third kappa shape index (κ3) is 5.88. The van der Waals surface area contributed by atoms with Gasteiger partial charge in [-0.2, -0.15) is 8.42 Å². The van der Waals surface area contributed by atoms with Crippen molar-refractivity contribution in [3.63, 3.8) is 0 Å². The number of amides is 1. The highest BCUT2D eigenvalue weighted by Crippen LogP contribution is 2.34. The molecule has 0 radical (unpaired) electrons. The highest BCUT2D eigenvalue weighted by atomic mass is 32.2. The van der Waals surface area contributed by atoms with Gasteiger partial charge in [0, 0.05) is 24.9 Å². The van der Waals surface area contributed by atoms with Gasteiger partial charge in [-0.3, -0.25) is 4.18 Å². The largest absolute Gasteiger partial charge is 0.497 e. The van der Waals surface area contributed by atoms with Crippen LogP contribution in [0.15, 0.2) is 24.3 Å². The van der Waals surface area contributed by atoms with E-state index in [2.05, 4.69) is 0 Å². The third-order valence-corrected chi connectivity index (χ3v) is 4.70. The van der Waals surface area contributed by atoms with Crippen LogP contribution in [0.4, 0.5) is 4.79 Å². The molecule has 1 amide bonds. The number of ether oxygens (including phenoxy) is 2. The van der Waals surface area contributed by atoms with E-state index in [4.69, 9.17) is 13.7 Å². The van der Waals surface area contributed by atoms with Gasteiger partial charge in [0.05, 0.1) is 20.0 Å². The van der Waals surface area contributed by atoms with Gasteiger partial charge in [0.25, 0.3) is 10.1 Å². The van der Waals surface area contributed by atoms with Crippen molar-refractivity contribution in [2.45, 2.75) is 32.3 Å². The SMILES string of the molecule is COc1ccc(C2CN(C(=O)OC(C)(C)C)CC2COS(C)(=O)=O)cc1. The van der Waals surface area contributed by atoms with Crippen molar-refractivity contribution in [2.75, 3.05) is 33.1 Å². The molecule has 26 heavy (non-hydrogen) atoms. The van der Waals surface area contributed by atoms with Gasteiger partial charge in [0.2, 0.25) is 0 Å². The molecule has 1 heterocycles. The molecule has 1 aliphatic rings. The lowest BCUT2D eigenvalue weighted by atomic mass is 9.89. The fourth-order valence-electron chi connectivity index (χ4n) is 2.96. The molecule has 2 atom stereocenters. The number of likely N-dealkylation sites (tertiary alicyclic amines) is 1. The third-order valence-electron chi connectivity index (χ3n) is 4.13. The van der Waals surface area contributed by atoms with E-state index in [9.17, 15) is 13.2 Å². The average Bonchev–Trinajstić information content (AvgIpc) is 2.95. The zero-order valence-electron chi connectivity index (χ0n) is 15.9. The minimum Gasteiger partial charge on any atom is -0.497 e. The molecular weight excluding hydrogens is 358 g/mol. The molecule has 0 spiro atoms. The quantitative estimate of drug-likeness (QED) is 0.725. The molecule has 1 aromatic rings. The van der Waals surface area contributed by atoms with Crippen molar-refractivity contribution in [2.24, 2.45) is 5.92 Å². The number of carbonyl (C=O) groups excluding carboxylic acids is 1. The molecule has 0 saturated carbocycles. The molecule has 7 nitrogen and oxygen atoms in total. The molecule has 0 bridgehead atoms. The summed E-state index contributed by atoms with van der Waals surface area (Å²) < 4.78 is 38.4. The molecule has 0 N–H and O–H groups in total. The number of methoxy groups -OCH3 is 1. The summed E-state index contributed by atoms with van der Waals surface area (Å²) >= 11 is 0. The topological polar surface area (TPSA) is 82.1 Å². The first-order chi connectivity index (χ1) is 12.0. The van der Waals surface area contributed by atoms with E-state index in [0.29, 0.717) is 13.1 Å². The Kier molecular flexibility index (Phi) is 6.18. The molecule has 1 fully saturated rings. The maximum atomic E-state index is 12.4. The number of hydrogen-bond donors (Lipinski definition) is 0. The van der Waals surface area contributed by atoms with Crippen LogP contribution < -0.4 is 4.74 Å². The number of carbonyl (C=O) groups is 1. The van der Waals surface area contributed by atoms with Crippen molar-refractivity contribution >= 4 is 16.2 Å². The number of benzene rings is 1. The number of rotatable bonds is 5. The maximum absolute atomic E-state index is 12.4. The van der Waals surface area contributed by atoms with E-state index in [1.54, 1.807) is 12.0 Å². The van der Waals surface area contributed by atoms with Crippen LogP contribution in [0.1, 0.15) is 32.3 Å². The van der Waals surface area contributed by atoms with E-state index in [-0.39, 0.29) is 18.4 Å². The summed E-state index contributed by atoms with van der Waals surface area (Å²) in [6.07, 6.45) is 0.619. The zero-order chi connectivity index (χ0) is 19.5. The second-order valence-electron chi connectivity index (χ2n) is 7.51. The highest BCUT2D eigenvalue weighted by molar-refractivity contribution is 7.85. The number of nitrogens with zero attached hydrogens (tertiary/aromatic N) is 1. The first-order valence-corrected chi connectivity index (χ1v) is 10.3. The molecule has 0 aliphatic carbocycles. The normalized spacial score (nSPS) is 20.9. The molecule has 2 unspecified atom stereocenters. The van der Waals surface area contributed by atoms with Crippen molar-refractivity contribution in [3.8, 4) is 5.75 Å². The maximum Gasteiger partial charge on any atom is 0.410 e. The van der Waals surface area contributed by atoms with Crippen LogP contribution in [-0.2, 0) is 19.0 Å². The van der Waals surface area contributed by atoms with Gasteiger partial charge in [-0.25, -0.2) is 4.79 Å². The lowest BCUT2D eigenvalue weighted by Gasteiger charge is -2.24. The van der Waals surface area contributed by atoms with Gasteiger partial charge in [-0.05, 0) is 38.5 Å². The minimum absolute atomic E-state index is 0.0226. The van der Waals surface area contributed by atoms with Crippen LogP contribution in [0.5, 0.6) is 5.75 Å². The standard InChI is InChI=1S/C18H27NO6S/c1-18(2,3)25-17(20)19-10-14(12-24-26(5,21)22)16(11-19)13-6-8-15(23-4)9-7-13/h6-9,14,16H,10-12H2,1-5H3. The smallest absolute Gasteiger partial charge is 0.410 e. The van der Waals surface area contributed by atoms with Crippen LogP contribution in [0.25, 0.3) is 0 Å². The molecule has 146 valence electrons. The van der Waals surface area contributed by atoms with Crippen molar-refractivity contribution < 1.29 is 26.9 Å². The lowest BCUT2D eigenvalue weighted by Crippen LogP contribution is -2.35. The Bertz CT molecular complexity index is 723. The Morgan fingerprint density at radius 3 is 2.31 bits per heavy atom. The van der Waals surface area contributed by atoms with Crippen molar-refractivity contribution in [1.29, 1.82) is 0 Å².